The monoisotopic (exact) mass is 262 g/mol. The second-order valence-corrected chi connectivity index (χ2v) is 5.16. The Morgan fingerprint density at radius 2 is 2.00 bits per heavy atom. The van der Waals surface area contributed by atoms with Crippen LogP contribution in [0.3, 0.4) is 0 Å². The van der Waals surface area contributed by atoms with Crippen molar-refractivity contribution in [1.82, 2.24) is 5.32 Å². The van der Waals surface area contributed by atoms with Crippen LogP contribution in [0.4, 0.5) is 0 Å². The molecule has 0 bridgehead atoms. The zero-order chi connectivity index (χ0) is 11.6. The third kappa shape index (κ3) is 3.33. The topological polar surface area (TPSA) is 64.3 Å². The highest BCUT2D eigenvalue weighted by molar-refractivity contribution is 5.86. The molecule has 0 aromatic heterocycles. The number of nitrogens with two attached hydrogens (primary N) is 1. The maximum absolute atomic E-state index is 12.1. The normalized spacial score (nSPS) is 31.6. The molecule has 0 aromatic carbocycles. The molecule has 0 aromatic rings. The van der Waals surface area contributed by atoms with E-state index in [0.717, 1.165) is 38.7 Å². The summed E-state index contributed by atoms with van der Waals surface area (Å²) in [5, 5.41) is 3.05. The molecular weight excluding hydrogens is 240 g/mol. The van der Waals surface area contributed by atoms with Crippen molar-refractivity contribution < 1.29 is 9.53 Å². The van der Waals surface area contributed by atoms with Crippen LogP contribution in [0.25, 0.3) is 0 Å². The van der Waals surface area contributed by atoms with Crippen molar-refractivity contribution in [3.8, 4) is 0 Å². The number of ether oxygens (including phenoxy) is 1. The van der Waals surface area contributed by atoms with Gasteiger partial charge in [0.25, 0.3) is 0 Å². The molecule has 2 rings (SSSR count). The summed E-state index contributed by atoms with van der Waals surface area (Å²) in [6.07, 6.45) is 6.01. The fourth-order valence-corrected chi connectivity index (χ4v) is 2.64. The Morgan fingerprint density at radius 1 is 1.35 bits per heavy atom. The summed E-state index contributed by atoms with van der Waals surface area (Å²) in [6, 6.07) is 0.148. The number of rotatable bonds is 2. The van der Waals surface area contributed by atoms with Gasteiger partial charge in [-0.3, -0.25) is 4.79 Å². The van der Waals surface area contributed by atoms with Gasteiger partial charge in [-0.05, 0) is 26.2 Å². The van der Waals surface area contributed by atoms with Gasteiger partial charge in [0.1, 0.15) is 0 Å². The zero-order valence-electron chi connectivity index (χ0n) is 10.4. The van der Waals surface area contributed by atoms with E-state index < -0.39 is 5.54 Å². The van der Waals surface area contributed by atoms with Crippen LogP contribution in [-0.4, -0.2) is 30.2 Å². The first-order valence-corrected chi connectivity index (χ1v) is 6.33. The SMILES string of the molecule is CC1OCCC1NC(=O)C1(N)CCCCC1.Cl. The molecular formula is C12H23ClN2O2. The lowest BCUT2D eigenvalue weighted by Gasteiger charge is -2.33. The van der Waals surface area contributed by atoms with Gasteiger partial charge in [-0.2, -0.15) is 0 Å². The van der Waals surface area contributed by atoms with E-state index >= 15 is 0 Å². The van der Waals surface area contributed by atoms with Crippen LogP contribution in [0.2, 0.25) is 0 Å². The van der Waals surface area contributed by atoms with E-state index in [1.165, 1.54) is 6.42 Å². The van der Waals surface area contributed by atoms with Crippen molar-refractivity contribution in [2.24, 2.45) is 5.73 Å². The molecule has 5 heteroatoms. The predicted octanol–water partition coefficient (Wildman–Crippen LogP) is 1.36. The lowest BCUT2D eigenvalue weighted by Crippen LogP contribution is -2.57. The molecule has 1 aliphatic heterocycles. The molecule has 100 valence electrons. The van der Waals surface area contributed by atoms with Gasteiger partial charge >= 0.3 is 0 Å². The van der Waals surface area contributed by atoms with Crippen LogP contribution in [0.1, 0.15) is 45.4 Å². The Kier molecular flexibility index (Phi) is 5.22. The summed E-state index contributed by atoms with van der Waals surface area (Å²) in [4.78, 5) is 12.1. The minimum absolute atomic E-state index is 0. The van der Waals surface area contributed by atoms with Gasteiger partial charge in [-0.25, -0.2) is 0 Å². The highest BCUT2D eigenvalue weighted by Gasteiger charge is 2.37. The second kappa shape index (κ2) is 6.03. The first kappa shape index (κ1) is 14.7. The maximum Gasteiger partial charge on any atom is 0.240 e. The summed E-state index contributed by atoms with van der Waals surface area (Å²) in [6.45, 7) is 2.74. The zero-order valence-corrected chi connectivity index (χ0v) is 11.2. The fraction of sp³-hybridized carbons (Fsp3) is 0.917. The summed E-state index contributed by atoms with van der Waals surface area (Å²) in [5.74, 6) is 0.0227. The molecule has 0 spiro atoms. The molecule has 3 N–H and O–H groups in total. The third-order valence-corrected chi connectivity index (χ3v) is 3.89. The van der Waals surface area contributed by atoms with E-state index in [4.69, 9.17) is 10.5 Å². The van der Waals surface area contributed by atoms with E-state index in [1.807, 2.05) is 6.92 Å². The van der Waals surface area contributed by atoms with Gasteiger partial charge < -0.3 is 15.8 Å². The van der Waals surface area contributed by atoms with Gasteiger partial charge in [0.2, 0.25) is 5.91 Å². The quantitative estimate of drug-likeness (QED) is 0.790. The van der Waals surface area contributed by atoms with Crippen LogP contribution in [-0.2, 0) is 9.53 Å². The second-order valence-electron chi connectivity index (χ2n) is 5.16. The Balaban J connectivity index is 0.00000144. The van der Waals surface area contributed by atoms with E-state index in [1.54, 1.807) is 0 Å². The fourth-order valence-electron chi connectivity index (χ4n) is 2.64. The number of amides is 1. The molecule has 1 heterocycles. The van der Waals surface area contributed by atoms with E-state index in [0.29, 0.717) is 0 Å². The van der Waals surface area contributed by atoms with Crippen molar-refractivity contribution in [3.05, 3.63) is 0 Å². The van der Waals surface area contributed by atoms with Crippen molar-refractivity contribution in [1.29, 1.82) is 0 Å². The highest BCUT2D eigenvalue weighted by atomic mass is 35.5. The lowest BCUT2D eigenvalue weighted by atomic mass is 9.81. The Hall–Kier alpha value is -0.320. The van der Waals surface area contributed by atoms with Gasteiger partial charge in [0.15, 0.2) is 0 Å². The van der Waals surface area contributed by atoms with Crippen molar-refractivity contribution in [2.75, 3.05) is 6.61 Å². The first-order valence-electron chi connectivity index (χ1n) is 6.33. The number of hydrogen-bond donors (Lipinski definition) is 2. The number of halogens is 1. The summed E-state index contributed by atoms with van der Waals surface area (Å²) >= 11 is 0. The number of carbonyl (C=O) groups excluding carboxylic acids is 1. The van der Waals surface area contributed by atoms with Crippen LogP contribution < -0.4 is 11.1 Å². The van der Waals surface area contributed by atoms with E-state index in [9.17, 15) is 4.79 Å². The van der Waals surface area contributed by atoms with Gasteiger partial charge in [-0.1, -0.05) is 19.3 Å². The van der Waals surface area contributed by atoms with Crippen molar-refractivity contribution >= 4 is 18.3 Å². The number of carbonyl (C=O) groups is 1. The van der Waals surface area contributed by atoms with E-state index in [-0.39, 0.29) is 30.5 Å². The predicted molar refractivity (Wildman–Crippen MR) is 69.2 cm³/mol. The Morgan fingerprint density at radius 3 is 2.53 bits per heavy atom. The molecule has 2 fully saturated rings. The molecule has 2 unspecified atom stereocenters. The smallest absolute Gasteiger partial charge is 0.240 e. The van der Waals surface area contributed by atoms with Crippen LogP contribution >= 0.6 is 12.4 Å². The van der Waals surface area contributed by atoms with E-state index in [2.05, 4.69) is 5.32 Å². The molecule has 1 saturated heterocycles. The summed E-state index contributed by atoms with van der Waals surface area (Å²) in [7, 11) is 0. The largest absolute Gasteiger partial charge is 0.376 e. The molecule has 2 atom stereocenters. The molecule has 0 radical (unpaired) electrons. The third-order valence-electron chi connectivity index (χ3n) is 3.89. The number of nitrogens with one attached hydrogen (secondary N) is 1. The highest BCUT2D eigenvalue weighted by Crippen LogP contribution is 2.26. The Bertz CT molecular complexity index is 267. The van der Waals surface area contributed by atoms with Crippen LogP contribution in [0.15, 0.2) is 0 Å². The van der Waals surface area contributed by atoms with Crippen LogP contribution in [0, 0.1) is 0 Å². The molecule has 17 heavy (non-hydrogen) atoms. The molecule has 2 aliphatic rings. The standard InChI is InChI=1S/C12H22N2O2.ClH/c1-9-10(5-8-16-9)14-11(15)12(13)6-3-2-4-7-12;/h9-10H,2-8,13H2,1H3,(H,14,15);1H. The molecule has 4 nitrogen and oxygen atoms in total. The van der Waals surface area contributed by atoms with Crippen LogP contribution in [0.5, 0.6) is 0 Å². The molecule has 1 aliphatic carbocycles. The Labute approximate surface area is 109 Å². The maximum atomic E-state index is 12.1. The summed E-state index contributed by atoms with van der Waals surface area (Å²) < 4.78 is 5.43. The van der Waals surface area contributed by atoms with Gasteiger partial charge in [-0.15, -0.1) is 12.4 Å². The summed E-state index contributed by atoms with van der Waals surface area (Å²) in [5.41, 5.74) is 5.55. The lowest BCUT2D eigenvalue weighted by molar-refractivity contribution is -0.128. The minimum Gasteiger partial charge on any atom is -0.376 e. The van der Waals surface area contributed by atoms with Gasteiger partial charge in [0.05, 0.1) is 17.7 Å². The van der Waals surface area contributed by atoms with Gasteiger partial charge in [0, 0.05) is 6.61 Å². The molecule has 1 saturated carbocycles. The number of hydrogen-bond acceptors (Lipinski definition) is 3. The average molecular weight is 263 g/mol. The first-order chi connectivity index (χ1) is 7.62. The molecule has 1 amide bonds. The van der Waals surface area contributed by atoms with Crippen molar-refractivity contribution in [3.63, 3.8) is 0 Å². The minimum atomic E-state index is -0.624. The average Bonchev–Trinajstić information content (AvgIpc) is 2.65. The van der Waals surface area contributed by atoms with Crippen molar-refractivity contribution in [2.45, 2.75) is 63.1 Å².